The summed E-state index contributed by atoms with van der Waals surface area (Å²) in [7, 11) is 2.02. The number of likely N-dealkylation sites (tertiary alicyclic amines) is 1. The van der Waals surface area contributed by atoms with Crippen LogP contribution >= 0.6 is 11.3 Å². The molecule has 5 atom stereocenters. The van der Waals surface area contributed by atoms with Crippen LogP contribution in [-0.2, 0) is 38.4 Å². The third kappa shape index (κ3) is 18.5. The maximum Gasteiger partial charge on any atom is 0.417 e. The van der Waals surface area contributed by atoms with Crippen LogP contribution in [0.25, 0.3) is 21.6 Å². The number of pyridine rings is 1. The van der Waals surface area contributed by atoms with Crippen molar-refractivity contribution in [1.29, 1.82) is 0 Å². The zero-order valence-electron chi connectivity index (χ0n) is 52.2. The highest BCUT2D eigenvalue weighted by atomic mass is 32.1. The zero-order chi connectivity index (χ0) is 64.2. The smallest absolute Gasteiger partial charge is 0.391 e. The van der Waals surface area contributed by atoms with Gasteiger partial charge in [-0.25, -0.2) is 9.37 Å². The van der Waals surface area contributed by atoms with E-state index in [0.29, 0.717) is 62.9 Å². The minimum Gasteiger partial charge on any atom is -0.391 e. The number of halogens is 4. The Morgan fingerprint density at radius 1 is 0.787 bits per heavy atom. The van der Waals surface area contributed by atoms with Gasteiger partial charge in [0.05, 0.1) is 44.7 Å². The van der Waals surface area contributed by atoms with Gasteiger partial charge in [-0.3, -0.25) is 43.5 Å². The zero-order valence-corrected chi connectivity index (χ0v) is 53.1. The molecule has 0 spiro atoms. The largest absolute Gasteiger partial charge is 0.417 e. The van der Waals surface area contributed by atoms with E-state index in [-0.39, 0.29) is 67.0 Å². The topological polar surface area (TPSA) is 216 Å². The Balaban J connectivity index is 0.709. The number of likely N-dealkylation sites (N-methyl/N-ethyl adjacent to an activating group) is 1. The Morgan fingerprint density at radius 3 is 2.06 bits per heavy atom. The molecule has 5 amide bonds. The molecule has 0 aliphatic carbocycles. The van der Waals surface area contributed by atoms with Crippen molar-refractivity contribution < 1.29 is 46.6 Å². The molecule has 8 rings (SSSR count). The molecule has 5 heterocycles. The maximum absolute atomic E-state index is 15.8. The Morgan fingerprint density at radius 2 is 1.42 bits per heavy atom. The van der Waals surface area contributed by atoms with Crippen LogP contribution in [0.5, 0.6) is 0 Å². The van der Waals surface area contributed by atoms with Gasteiger partial charge in [0.15, 0.2) is 0 Å². The number of piperazine rings is 2. The summed E-state index contributed by atoms with van der Waals surface area (Å²) in [5.74, 6) is -2.53. The van der Waals surface area contributed by atoms with E-state index < -0.39 is 64.1 Å². The average Bonchev–Trinajstić information content (AvgIpc) is 1.64. The Hall–Kier alpha value is -7.05. The van der Waals surface area contributed by atoms with Crippen molar-refractivity contribution in [2.45, 2.75) is 155 Å². The average molecular weight is 1250 g/mol. The molecule has 482 valence electrons. The fourth-order valence-electron chi connectivity index (χ4n) is 12.0. The number of β-amino-alcohol motifs (C(OH)–C–C–N with tert-alkyl or cyclic N) is 1. The van der Waals surface area contributed by atoms with Crippen LogP contribution in [0, 0.1) is 18.2 Å². The molecule has 0 bridgehead atoms. The summed E-state index contributed by atoms with van der Waals surface area (Å²) in [5, 5.41) is 22.3. The summed E-state index contributed by atoms with van der Waals surface area (Å²) >= 11 is 1.57. The van der Waals surface area contributed by atoms with Gasteiger partial charge in [-0.15, -0.1) is 11.3 Å². The summed E-state index contributed by atoms with van der Waals surface area (Å²) in [4.78, 5) is 97.0. The van der Waals surface area contributed by atoms with E-state index in [9.17, 15) is 47.0 Å². The van der Waals surface area contributed by atoms with E-state index in [4.69, 9.17) is 0 Å². The molecule has 5 aromatic rings. The van der Waals surface area contributed by atoms with E-state index in [1.54, 1.807) is 41.7 Å². The molecule has 0 radical (unpaired) electrons. The minimum atomic E-state index is -4.97. The van der Waals surface area contributed by atoms with Crippen LogP contribution in [0.3, 0.4) is 0 Å². The summed E-state index contributed by atoms with van der Waals surface area (Å²) in [6.07, 6.45) is 1.84. The molecule has 3 saturated heterocycles. The van der Waals surface area contributed by atoms with Gasteiger partial charge in [0.25, 0.3) is 5.91 Å². The summed E-state index contributed by atoms with van der Waals surface area (Å²) in [5.41, 5.74) is 3.29. The first-order valence-corrected chi connectivity index (χ1v) is 32.0. The van der Waals surface area contributed by atoms with E-state index in [0.717, 1.165) is 98.2 Å². The number of aryl methyl sites for hydroxylation is 1. The Labute approximate surface area is 523 Å². The van der Waals surface area contributed by atoms with Crippen LogP contribution in [0.15, 0.2) is 83.2 Å². The van der Waals surface area contributed by atoms with Gasteiger partial charge in [0.2, 0.25) is 29.2 Å². The fourth-order valence-corrected chi connectivity index (χ4v) is 12.8. The molecule has 0 saturated carbocycles. The number of nitrogens with zero attached hydrogens (tertiary/aromatic N) is 6. The Bertz CT molecular complexity index is 3300. The van der Waals surface area contributed by atoms with Crippen molar-refractivity contribution in [2.75, 3.05) is 76.2 Å². The first-order valence-electron chi connectivity index (χ1n) is 31.1. The number of amides is 5. The van der Waals surface area contributed by atoms with Crippen LogP contribution in [0.1, 0.15) is 132 Å². The third-order valence-corrected chi connectivity index (χ3v) is 18.4. The number of anilines is 2. The molecule has 23 heteroatoms. The molecular weight excluding hydrogens is 1170 g/mol. The number of alkyl halides is 3. The summed E-state index contributed by atoms with van der Waals surface area (Å²) in [6.45, 7) is 18.0. The fraction of sp³-hybridized carbons (Fsp3) is 0.530. The second kappa shape index (κ2) is 30.6. The second-order valence-corrected chi connectivity index (χ2v) is 26.1. The molecule has 3 aliphatic heterocycles. The van der Waals surface area contributed by atoms with Crippen molar-refractivity contribution in [3.05, 3.63) is 123 Å². The number of nitrogens with one attached hydrogen (secondary N) is 5. The molecule has 3 fully saturated rings. The van der Waals surface area contributed by atoms with Gasteiger partial charge < -0.3 is 41.2 Å². The number of hydrogen-bond donors (Lipinski definition) is 6. The number of benzene rings is 3. The number of H-pyrrole nitrogens is 1. The lowest BCUT2D eigenvalue weighted by Gasteiger charge is -2.44. The van der Waals surface area contributed by atoms with Gasteiger partial charge >= 0.3 is 6.18 Å². The number of carbonyl (C=O) groups is 5. The predicted octanol–water partition coefficient (Wildman–Crippen LogP) is 8.97. The van der Waals surface area contributed by atoms with E-state index in [1.165, 1.54) is 11.0 Å². The standard InChI is InChI=1S/C66H87F4N11O7S/c1-42-37-80(38-43(2)77(42)7)55-24-22-48(32-54(55)75-62(86)51-36-72-59(85)34-52(51)66(68,69)70)50-31-46(19-23-53(50)67)39-79-29-27-78(28-30-79)26-25-71-57(83)15-13-11-9-8-10-12-14-16-58(84)76-61(65(4,5)6)64(88)81-40-49(82)33-56(81)63(87)73-35-45-17-20-47(21-18-45)60-44(3)74-41-89-60/h17-24,31-32,34,36,41-43,49,56,61,82H,8-16,25-30,33,35,37-40H2,1-7H3,(H,71,83)(H,72,85)(H,73,87)(H,75,86)(H,76,84)/t42-,43+,49-,56+,61-/m1/s1. The van der Waals surface area contributed by atoms with Crippen molar-refractivity contribution in [3.8, 4) is 21.6 Å². The summed E-state index contributed by atoms with van der Waals surface area (Å²) < 4.78 is 57.9. The summed E-state index contributed by atoms with van der Waals surface area (Å²) in [6, 6.07) is 16.7. The van der Waals surface area contributed by atoms with Crippen LogP contribution in [-0.4, -0.2) is 160 Å². The van der Waals surface area contributed by atoms with Crippen LogP contribution in [0.2, 0.25) is 0 Å². The number of aliphatic hydroxyl groups is 1. The van der Waals surface area contributed by atoms with Crippen LogP contribution in [0.4, 0.5) is 28.9 Å². The van der Waals surface area contributed by atoms with Crippen molar-refractivity contribution >= 4 is 52.2 Å². The Kier molecular flexibility index (Phi) is 23.4. The highest BCUT2D eigenvalue weighted by molar-refractivity contribution is 7.13. The number of thiazole rings is 1. The predicted molar refractivity (Wildman–Crippen MR) is 339 cm³/mol. The van der Waals surface area contributed by atoms with Gasteiger partial charge in [-0.2, -0.15) is 13.2 Å². The van der Waals surface area contributed by atoms with Crippen LogP contribution < -0.4 is 31.7 Å². The number of unbranched alkanes of at least 4 members (excludes halogenated alkanes) is 6. The lowest BCUT2D eigenvalue weighted by Crippen LogP contribution is -2.57. The van der Waals surface area contributed by atoms with E-state index in [1.807, 2.05) is 64.5 Å². The van der Waals surface area contributed by atoms with Crippen molar-refractivity contribution in [3.63, 3.8) is 0 Å². The number of carbonyl (C=O) groups excluding carboxylic acids is 5. The molecule has 2 aromatic heterocycles. The van der Waals surface area contributed by atoms with E-state index >= 15 is 4.39 Å². The molecule has 0 unspecified atom stereocenters. The minimum absolute atomic E-state index is 0.00443. The molecular formula is C66H87F4N11O7S. The second-order valence-electron chi connectivity index (χ2n) is 25.3. The van der Waals surface area contributed by atoms with Gasteiger partial charge in [0.1, 0.15) is 17.9 Å². The third-order valence-electron chi connectivity index (χ3n) is 17.4. The van der Waals surface area contributed by atoms with Crippen molar-refractivity contribution in [1.82, 2.24) is 45.5 Å². The normalized spacial score (nSPS) is 19.1. The number of rotatable bonds is 25. The first-order chi connectivity index (χ1) is 42.3. The van der Waals surface area contributed by atoms with Gasteiger partial charge in [-0.05, 0) is 92.6 Å². The number of aromatic amines is 1. The van der Waals surface area contributed by atoms with Gasteiger partial charge in [-0.1, -0.05) is 89.3 Å². The molecule has 3 aromatic carbocycles. The molecule has 18 nitrogen and oxygen atoms in total. The monoisotopic (exact) mass is 1250 g/mol. The lowest BCUT2D eigenvalue weighted by molar-refractivity contribution is -0.144. The SMILES string of the molecule is Cc1ncsc1-c1ccc(CNC(=O)[C@@H]2C[C@@H](O)CN2C(=O)[C@@H](NC(=O)CCCCCCCCCC(=O)NCCN2CCN(Cc3ccc(F)c(-c4ccc(N5C[C@@H](C)N(C)[C@@H](C)C5)c(NC(=O)c5c[nH]c(=O)cc5C(F)(F)F)c4)c3)CC2)C(C)(C)C)cc1. The number of aromatic nitrogens is 2. The number of aliphatic hydroxyl groups excluding tert-OH is 1. The first kappa shape index (κ1) is 67.9. The quantitative estimate of drug-likeness (QED) is 0.0239. The molecule has 6 N–H and O–H groups in total. The van der Waals surface area contributed by atoms with Gasteiger partial charge in [0, 0.05) is 121 Å². The molecule has 3 aliphatic rings. The molecule has 89 heavy (non-hydrogen) atoms. The lowest BCUT2D eigenvalue weighted by atomic mass is 9.85. The maximum atomic E-state index is 15.8. The van der Waals surface area contributed by atoms with E-state index in [2.05, 4.69) is 64.7 Å². The number of hydrogen-bond acceptors (Lipinski definition) is 13. The highest BCUT2D eigenvalue weighted by Gasteiger charge is 2.45. The van der Waals surface area contributed by atoms with Crippen molar-refractivity contribution in [2.24, 2.45) is 5.41 Å². The highest BCUT2D eigenvalue weighted by Crippen LogP contribution is 2.37.